The summed E-state index contributed by atoms with van der Waals surface area (Å²) in [5, 5.41) is -0.225. The Labute approximate surface area is 80.1 Å². The molecule has 0 saturated heterocycles. The Hall–Kier alpha value is -0.180. The molecule has 3 heteroatoms. The van der Waals surface area contributed by atoms with Gasteiger partial charge in [0.05, 0.1) is 11.9 Å². The van der Waals surface area contributed by atoms with E-state index in [0.29, 0.717) is 6.61 Å². The number of hydrogen-bond donors (Lipinski definition) is 1. The fourth-order valence-corrected chi connectivity index (χ4v) is 1.20. The molecule has 0 aromatic heterocycles. The van der Waals surface area contributed by atoms with Gasteiger partial charge in [0.25, 0.3) is 0 Å². The van der Waals surface area contributed by atoms with Crippen molar-refractivity contribution < 1.29 is 9.53 Å². The van der Waals surface area contributed by atoms with Gasteiger partial charge in [0, 0.05) is 0 Å². The van der Waals surface area contributed by atoms with E-state index in [9.17, 15) is 4.79 Å². The van der Waals surface area contributed by atoms with Crippen LogP contribution < -0.4 is 0 Å². The number of unbranched alkanes of at least 4 members (excludes halogenated alkanes) is 2. The van der Waals surface area contributed by atoms with E-state index in [0.717, 1.165) is 19.3 Å². The van der Waals surface area contributed by atoms with Crippen molar-refractivity contribution in [2.75, 3.05) is 6.61 Å². The second-order valence-corrected chi connectivity index (χ2v) is 3.39. The standard InChI is InChI=1S/C9H18O2S/c1-3-5-6-7-8(12)9(10)11-4-2/h8,12H,3-7H2,1-2H3. The summed E-state index contributed by atoms with van der Waals surface area (Å²) in [4.78, 5) is 11.0. The van der Waals surface area contributed by atoms with Crippen molar-refractivity contribution in [1.82, 2.24) is 0 Å². The van der Waals surface area contributed by atoms with Gasteiger partial charge in [-0.2, -0.15) is 12.6 Å². The third-order valence-corrected chi connectivity index (χ3v) is 2.11. The predicted molar refractivity (Wildman–Crippen MR) is 53.5 cm³/mol. The van der Waals surface area contributed by atoms with Crippen LogP contribution in [0.4, 0.5) is 0 Å². The molecule has 0 aliphatic rings. The number of thiol groups is 1. The van der Waals surface area contributed by atoms with Gasteiger partial charge in [0.1, 0.15) is 0 Å². The molecule has 0 aromatic rings. The Morgan fingerprint density at radius 1 is 1.42 bits per heavy atom. The molecule has 0 aliphatic carbocycles. The van der Waals surface area contributed by atoms with Crippen LogP contribution in [0.1, 0.15) is 39.5 Å². The Balaban J connectivity index is 3.42. The highest BCUT2D eigenvalue weighted by Crippen LogP contribution is 2.09. The molecule has 1 atom stereocenters. The first kappa shape index (κ1) is 11.8. The molecule has 0 aromatic carbocycles. The van der Waals surface area contributed by atoms with Crippen molar-refractivity contribution in [2.24, 2.45) is 0 Å². The molecular weight excluding hydrogens is 172 g/mol. The molecule has 0 heterocycles. The maximum absolute atomic E-state index is 11.0. The van der Waals surface area contributed by atoms with Crippen LogP contribution in [0.5, 0.6) is 0 Å². The van der Waals surface area contributed by atoms with Crippen LogP contribution in [-0.4, -0.2) is 17.8 Å². The van der Waals surface area contributed by atoms with Gasteiger partial charge in [-0.1, -0.05) is 26.2 Å². The van der Waals surface area contributed by atoms with Crippen molar-refractivity contribution in [3.8, 4) is 0 Å². The van der Waals surface area contributed by atoms with Crippen LogP contribution in [0.25, 0.3) is 0 Å². The summed E-state index contributed by atoms with van der Waals surface area (Å²) in [5.41, 5.74) is 0. The maximum atomic E-state index is 11.0. The van der Waals surface area contributed by atoms with E-state index >= 15 is 0 Å². The SMILES string of the molecule is CCCCCC(S)C(=O)OCC. The van der Waals surface area contributed by atoms with Gasteiger partial charge in [-0.05, 0) is 13.3 Å². The quantitative estimate of drug-likeness (QED) is 0.395. The average molecular weight is 190 g/mol. The van der Waals surface area contributed by atoms with E-state index in [1.165, 1.54) is 6.42 Å². The highest BCUT2D eigenvalue weighted by atomic mass is 32.1. The molecule has 0 radical (unpaired) electrons. The van der Waals surface area contributed by atoms with Gasteiger partial charge in [0.15, 0.2) is 0 Å². The molecule has 0 N–H and O–H groups in total. The zero-order chi connectivity index (χ0) is 9.40. The molecule has 72 valence electrons. The lowest BCUT2D eigenvalue weighted by atomic mass is 10.1. The first-order chi connectivity index (χ1) is 5.72. The van der Waals surface area contributed by atoms with Crippen molar-refractivity contribution in [2.45, 2.75) is 44.8 Å². The van der Waals surface area contributed by atoms with E-state index in [1.54, 1.807) is 0 Å². The predicted octanol–water partition coefficient (Wildman–Crippen LogP) is 2.43. The van der Waals surface area contributed by atoms with Gasteiger partial charge < -0.3 is 4.74 Å². The van der Waals surface area contributed by atoms with Crippen molar-refractivity contribution in [3.05, 3.63) is 0 Å². The number of hydrogen-bond acceptors (Lipinski definition) is 3. The van der Waals surface area contributed by atoms with Gasteiger partial charge >= 0.3 is 5.97 Å². The second-order valence-electron chi connectivity index (χ2n) is 2.76. The van der Waals surface area contributed by atoms with Crippen LogP contribution in [0.2, 0.25) is 0 Å². The molecule has 2 nitrogen and oxygen atoms in total. The second kappa shape index (κ2) is 7.47. The lowest BCUT2D eigenvalue weighted by Crippen LogP contribution is -2.17. The monoisotopic (exact) mass is 190 g/mol. The van der Waals surface area contributed by atoms with Crippen LogP contribution in [-0.2, 0) is 9.53 Å². The molecule has 12 heavy (non-hydrogen) atoms. The third-order valence-electron chi connectivity index (χ3n) is 1.64. The van der Waals surface area contributed by atoms with E-state index < -0.39 is 0 Å². The summed E-state index contributed by atoms with van der Waals surface area (Å²) in [6.45, 7) is 4.39. The van der Waals surface area contributed by atoms with Crippen LogP contribution in [0, 0.1) is 0 Å². The van der Waals surface area contributed by atoms with Crippen LogP contribution >= 0.6 is 12.6 Å². The molecule has 0 rings (SSSR count). The zero-order valence-electron chi connectivity index (χ0n) is 7.88. The first-order valence-electron chi connectivity index (χ1n) is 4.57. The Kier molecular flexibility index (Phi) is 7.36. The smallest absolute Gasteiger partial charge is 0.318 e. The van der Waals surface area contributed by atoms with Crippen molar-refractivity contribution >= 4 is 18.6 Å². The highest BCUT2D eigenvalue weighted by Gasteiger charge is 2.13. The van der Waals surface area contributed by atoms with E-state index in [4.69, 9.17) is 4.74 Å². The Bertz CT molecular complexity index is 126. The molecular formula is C9H18O2S. The molecule has 0 saturated carbocycles. The van der Waals surface area contributed by atoms with Crippen molar-refractivity contribution in [3.63, 3.8) is 0 Å². The fraction of sp³-hybridized carbons (Fsp3) is 0.889. The number of ether oxygens (including phenoxy) is 1. The minimum absolute atomic E-state index is 0.183. The number of rotatable bonds is 6. The Morgan fingerprint density at radius 3 is 2.58 bits per heavy atom. The van der Waals surface area contributed by atoms with E-state index in [2.05, 4.69) is 19.6 Å². The van der Waals surface area contributed by atoms with E-state index in [-0.39, 0.29) is 11.2 Å². The molecule has 0 spiro atoms. The molecule has 0 fully saturated rings. The van der Waals surface area contributed by atoms with Gasteiger partial charge in [-0.15, -0.1) is 0 Å². The van der Waals surface area contributed by atoms with Crippen LogP contribution in [0.3, 0.4) is 0 Å². The minimum Gasteiger partial charge on any atom is -0.465 e. The summed E-state index contributed by atoms with van der Waals surface area (Å²) in [7, 11) is 0. The largest absolute Gasteiger partial charge is 0.465 e. The third kappa shape index (κ3) is 5.47. The normalized spacial score (nSPS) is 12.6. The molecule has 0 bridgehead atoms. The zero-order valence-corrected chi connectivity index (χ0v) is 8.77. The van der Waals surface area contributed by atoms with Crippen LogP contribution in [0.15, 0.2) is 0 Å². The van der Waals surface area contributed by atoms with Gasteiger partial charge in [-0.3, -0.25) is 4.79 Å². The summed E-state index contributed by atoms with van der Waals surface area (Å²) in [6.07, 6.45) is 4.22. The average Bonchev–Trinajstić information content (AvgIpc) is 2.05. The number of carbonyl (C=O) groups is 1. The molecule has 1 unspecified atom stereocenters. The minimum atomic E-state index is -0.225. The highest BCUT2D eigenvalue weighted by molar-refractivity contribution is 7.81. The van der Waals surface area contributed by atoms with Crippen molar-refractivity contribution in [1.29, 1.82) is 0 Å². The van der Waals surface area contributed by atoms with E-state index in [1.807, 2.05) is 6.92 Å². The molecule has 0 amide bonds. The lowest BCUT2D eigenvalue weighted by molar-refractivity contribution is -0.142. The topological polar surface area (TPSA) is 26.3 Å². The Morgan fingerprint density at radius 2 is 2.08 bits per heavy atom. The lowest BCUT2D eigenvalue weighted by Gasteiger charge is -2.08. The first-order valence-corrected chi connectivity index (χ1v) is 5.08. The maximum Gasteiger partial charge on any atom is 0.318 e. The molecule has 0 aliphatic heterocycles. The summed E-state index contributed by atoms with van der Waals surface area (Å²) >= 11 is 4.16. The number of esters is 1. The fourth-order valence-electron chi connectivity index (χ4n) is 0.944. The summed E-state index contributed by atoms with van der Waals surface area (Å²) in [5.74, 6) is -0.183. The summed E-state index contributed by atoms with van der Waals surface area (Å²) in [6, 6.07) is 0. The summed E-state index contributed by atoms with van der Waals surface area (Å²) < 4.78 is 4.82. The van der Waals surface area contributed by atoms with Gasteiger partial charge in [0.2, 0.25) is 0 Å². The van der Waals surface area contributed by atoms with Gasteiger partial charge in [-0.25, -0.2) is 0 Å². The number of carbonyl (C=O) groups excluding carboxylic acids is 1.